The molecule has 0 aromatic heterocycles. The third-order valence-corrected chi connectivity index (χ3v) is 3.51. The summed E-state index contributed by atoms with van der Waals surface area (Å²) in [4.78, 5) is 14.2. The Morgan fingerprint density at radius 1 is 1.42 bits per heavy atom. The first-order chi connectivity index (χ1) is 8.92. The van der Waals surface area contributed by atoms with Crippen LogP contribution in [-0.4, -0.2) is 40.7 Å². The van der Waals surface area contributed by atoms with Gasteiger partial charge in [-0.25, -0.2) is 0 Å². The number of benzene rings is 1. The van der Waals surface area contributed by atoms with Crippen LogP contribution >= 0.6 is 0 Å². The molecule has 1 N–H and O–H groups in total. The van der Waals surface area contributed by atoms with Crippen LogP contribution in [0.1, 0.15) is 32.4 Å². The predicted molar refractivity (Wildman–Crippen MR) is 72.6 cm³/mol. The van der Waals surface area contributed by atoms with Crippen molar-refractivity contribution in [2.24, 2.45) is 0 Å². The molecule has 1 fully saturated rings. The van der Waals surface area contributed by atoms with Crippen LogP contribution in [0.5, 0.6) is 0 Å². The van der Waals surface area contributed by atoms with Crippen molar-refractivity contribution in [3.63, 3.8) is 0 Å². The normalized spacial score (nSPS) is 24.0. The highest BCUT2D eigenvalue weighted by Crippen LogP contribution is 2.26. The maximum atomic E-state index is 12.5. The Morgan fingerprint density at radius 3 is 2.68 bits per heavy atom. The zero-order valence-electron chi connectivity index (χ0n) is 11.7. The fourth-order valence-electron chi connectivity index (χ4n) is 2.29. The van der Waals surface area contributed by atoms with E-state index in [-0.39, 0.29) is 17.6 Å². The second kappa shape index (κ2) is 5.31. The Bertz CT molecular complexity index is 444. The van der Waals surface area contributed by atoms with Gasteiger partial charge in [-0.05, 0) is 26.3 Å². The lowest BCUT2D eigenvalue weighted by atomic mass is 9.98. The third kappa shape index (κ3) is 2.96. The molecular weight excluding hydrogens is 242 g/mol. The summed E-state index contributed by atoms with van der Waals surface area (Å²) in [6.07, 6.45) is -1.11. The molecule has 4 heteroatoms. The summed E-state index contributed by atoms with van der Waals surface area (Å²) < 4.78 is 5.58. The van der Waals surface area contributed by atoms with E-state index in [1.165, 1.54) is 0 Å². The van der Waals surface area contributed by atoms with Gasteiger partial charge < -0.3 is 14.7 Å². The van der Waals surface area contributed by atoms with Gasteiger partial charge in [-0.15, -0.1) is 0 Å². The van der Waals surface area contributed by atoms with Gasteiger partial charge >= 0.3 is 0 Å². The molecule has 1 amide bonds. The van der Waals surface area contributed by atoms with Crippen molar-refractivity contribution >= 4 is 5.91 Å². The fourth-order valence-corrected chi connectivity index (χ4v) is 2.29. The second-order valence-electron chi connectivity index (χ2n) is 5.70. The van der Waals surface area contributed by atoms with E-state index >= 15 is 0 Å². The number of aliphatic hydroxyl groups is 1. The fraction of sp³-hybridized carbons (Fsp3) is 0.533. The minimum atomic E-state index is -1.11. The number of ether oxygens (including phenoxy) is 1. The van der Waals surface area contributed by atoms with E-state index in [1.54, 1.807) is 17.0 Å². The summed E-state index contributed by atoms with van der Waals surface area (Å²) in [5.41, 5.74) is 0.238. The summed E-state index contributed by atoms with van der Waals surface area (Å²) in [5, 5.41) is 10.2. The number of hydrogen-bond acceptors (Lipinski definition) is 3. The van der Waals surface area contributed by atoms with Gasteiger partial charge in [0.05, 0.1) is 18.2 Å². The number of aliphatic hydroxyl groups excluding tert-OH is 1. The number of hydrogen-bond donors (Lipinski definition) is 1. The number of carbonyl (C=O) groups excluding carboxylic acids is 1. The molecule has 0 spiro atoms. The highest BCUT2D eigenvalue weighted by atomic mass is 16.5. The third-order valence-electron chi connectivity index (χ3n) is 3.51. The zero-order chi connectivity index (χ0) is 14.0. The molecule has 2 rings (SSSR count). The van der Waals surface area contributed by atoms with E-state index in [4.69, 9.17) is 4.74 Å². The van der Waals surface area contributed by atoms with E-state index in [0.29, 0.717) is 18.7 Å². The first kappa shape index (κ1) is 14.0. The van der Waals surface area contributed by atoms with Gasteiger partial charge in [-0.1, -0.05) is 30.3 Å². The Labute approximate surface area is 114 Å². The Balaban J connectivity index is 2.18. The van der Waals surface area contributed by atoms with Gasteiger partial charge in [-0.2, -0.15) is 0 Å². The molecule has 2 atom stereocenters. The van der Waals surface area contributed by atoms with Crippen molar-refractivity contribution in [1.29, 1.82) is 0 Å². The molecule has 1 aromatic rings. The average Bonchev–Trinajstić information content (AvgIpc) is 2.41. The van der Waals surface area contributed by atoms with Crippen LogP contribution in [0.2, 0.25) is 0 Å². The van der Waals surface area contributed by atoms with Gasteiger partial charge in [0.2, 0.25) is 0 Å². The van der Waals surface area contributed by atoms with E-state index in [2.05, 4.69) is 0 Å². The van der Waals surface area contributed by atoms with Gasteiger partial charge in [0, 0.05) is 6.54 Å². The maximum absolute atomic E-state index is 12.5. The molecule has 1 aliphatic heterocycles. The number of amides is 1. The molecule has 1 aromatic carbocycles. The highest BCUT2D eigenvalue weighted by molar-refractivity contribution is 5.82. The van der Waals surface area contributed by atoms with Crippen LogP contribution < -0.4 is 0 Å². The monoisotopic (exact) mass is 263 g/mol. The van der Waals surface area contributed by atoms with Gasteiger partial charge in [0.25, 0.3) is 5.91 Å². The highest BCUT2D eigenvalue weighted by Gasteiger charge is 2.39. The van der Waals surface area contributed by atoms with Crippen molar-refractivity contribution in [2.75, 3.05) is 13.2 Å². The van der Waals surface area contributed by atoms with Crippen LogP contribution in [0, 0.1) is 0 Å². The molecule has 1 aliphatic rings. The molecule has 1 heterocycles. The first-order valence-corrected chi connectivity index (χ1v) is 6.58. The maximum Gasteiger partial charge on any atom is 0.256 e. The quantitative estimate of drug-likeness (QED) is 0.884. The number of morpholine rings is 1. The summed E-state index contributed by atoms with van der Waals surface area (Å²) in [6, 6.07) is 9.03. The first-order valence-electron chi connectivity index (χ1n) is 6.58. The summed E-state index contributed by atoms with van der Waals surface area (Å²) in [6.45, 7) is 6.84. The van der Waals surface area contributed by atoms with Crippen molar-refractivity contribution in [3.8, 4) is 0 Å². The van der Waals surface area contributed by atoms with E-state index in [0.717, 1.165) is 0 Å². The number of carbonyl (C=O) groups is 1. The molecule has 104 valence electrons. The Hall–Kier alpha value is -1.39. The zero-order valence-corrected chi connectivity index (χ0v) is 11.7. The van der Waals surface area contributed by atoms with E-state index < -0.39 is 6.10 Å². The SMILES string of the molecule is CC1CN(C(=O)C(O)c2ccccc2)C(C)(C)CO1. The number of nitrogens with zero attached hydrogens (tertiary/aromatic N) is 1. The molecule has 0 radical (unpaired) electrons. The van der Waals surface area contributed by atoms with Gasteiger partial charge in [0.15, 0.2) is 6.10 Å². The van der Waals surface area contributed by atoms with Gasteiger partial charge in [-0.3, -0.25) is 4.79 Å². The van der Waals surface area contributed by atoms with Crippen molar-refractivity contribution in [1.82, 2.24) is 4.90 Å². The lowest BCUT2D eigenvalue weighted by Gasteiger charge is -2.45. The summed E-state index contributed by atoms with van der Waals surface area (Å²) in [5.74, 6) is -0.258. The minimum absolute atomic E-state index is 0.0000478. The molecule has 19 heavy (non-hydrogen) atoms. The van der Waals surface area contributed by atoms with Crippen LogP contribution in [0.4, 0.5) is 0 Å². The van der Waals surface area contributed by atoms with E-state index in [9.17, 15) is 9.90 Å². The van der Waals surface area contributed by atoms with Crippen LogP contribution in [0.15, 0.2) is 30.3 Å². The molecule has 2 unspecified atom stereocenters. The minimum Gasteiger partial charge on any atom is -0.378 e. The molecule has 0 saturated carbocycles. The van der Waals surface area contributed by atoms with Crippen LogP contribution in [-0.2, 0) is 9.53 Å². The molecular formula is C15H21NO3. The second-order valence-corrected chi connectivity index (χ2v) is 5.70. The largest absolute Gasteiger partial charge is 0.378 e. The van der Waals surface area contributed by atoms with Crippen molar-refractivity contribution in [3.05, 3.63) is 35.9 Å². The lowest BCUT2D eigenvalue weighted by molar-refractivity contribution is -0.161. The molecule has 1 saturated heterocycles. The Morgan fingerprint density at radius 2 is 2.05 bits per heavy atom. The molecule has 0 bridgehead atoms. The topological polar surface area (TPSA) is 49.8 Å². The van der Waals surface area contributed by atoms with Crippen molar-refractivity contribution < 1.29 is 14.6 Å². The molecule has 0 aliphatic carbocycles. The van der Waals surface area contributed by atoms with Crippen LogP contribution in [0.3, 0.4) is 0 Å². The predicted octanol–water partition coefficient (Wildman–Crippen LogP) is 1.75. The van der Waals surface area contributed by atoms with Crippen molar-refractivity contribution in [2.45, 2.75) is 38.5 Å². The van der Waals surface area contributed by atoms with E-state index in [1.807, 2.05) is 39.0 Å². The van der Waals surface area contributed by atoms with Gasteiger partial charge in [0.1, 0.15) is 0 Å². The standard InChI is InChI=1S/C15H21NO3/c1-11-9-16(15(2,3)10-19-11)14(18)13(17)12-7-5-4-6-8-12/h4-8,11,13,17H,9-10H2,1-3H3. The summed E-state index contributed by atoms with van der Waals surface area (Å²) in [7, 11) is 0. The van der Waals surface area contributed by atoms with Crippen LogP contribution in [0.25, 0.3) is 0 Å². The molecule has 4 nitrogen and oxygen atoms in total. The smallest absolute Gasteiger partial charge is 0.256 e. The average molecular weight is 263 g/mol. The number of rotatable bonds is 2. The Kier molecular flexibility index (Phi) is 3.92. The lowest BCUT2D eigenvalue weighted by Crippen LogP contribution is -2.58. The summed E-state index contributed by atoms with van der Waals surface area (Å²) >= 11 is 0.